The third kappa shape index (κ3) is 6.96. The average Bonchev–Trinajstić information content (AvgIpc) is 2.95. The lowest BCUT2D eigenvalue weighted by Gasteiger charge is -2.24. The van der Waals surface area contributed by atoms with Crippen LogP contribution in [-0.4, -0.2) is 41.4 Å². The molecule has 2 N–H and O–H groups in total. The van der Waals surface area contributed by atoms with Crippen LogP contribution in [0.15, 0.2) is 67.0 Å². The van der Waals surface area contributed by atoms with Crippen LogP contribution in [0.25, 0.3) is 0 Å². The summed E-state index contributed by atoms with van der Waals surface area (Å²) in [5.41, 5.74) is 3.20. The Morgan fingerprint density at radius 2 is 1.80 bits per heavy atom. The molecule has 2 amide bonds. The number of hydrogen-bond donors (Lipinski definition) is 2. The van der Waals surface area contributed by atoms with E-state index in [1.807, 2.05) is 31.9 Å². The number of amides is 2. The van der Waals surface area contributed by atoms with E-state index in [2.05, 4.69) is 25.6 Å². The van der Waals surface area contributed by atoms with Gasteiger partial charge < -0.3 is 20.4 Å². The average molecular weight is 564 g/mol. The number of pyridine rings is 1. The Labute approximate surface area is 235 Å². The number of halogens is 3. The van der Waals surface area contributed by atoms with E-state index in [0.717, 1.165) is 34.8 Å². The molecule has 41 heavy (non-hydrogen) atoms. The maximum Gasteiger partial charge on any atom is 0.416 e. The largest absolute Gasteiger partial charge is 0.416 e. The highest BCUT2D eigenvalue weighted by molar-refractivity contribution is 6.04. The fourth-order valence-corrected chi connectivity index (χ4v) is 4.14. The Morgan fingerprint density at radius 3 is 2.51 bits per heavy atom. The van der Waals surface area contributed by atoms with Gasteiger partial charge in [-0.25, -0.2) is 4.98 Å². The number of carbonyl (C=O) groups is 2. The number of aryl methyl sites for hydroxylation is 2. The standard InChI is InChI=1S/C29H28F3N7O2/c1-18-10-11-23(35-27(41)20-7-5-8-22(13-20)29(30,31)32)14-25(18)38(3)16-21-15-34-28(37-26(21)39(4)17-40)36-24-9-6-12-33-19(24)2/h5-15,17H,16H2,1-4H3,(H,35,41)(H,34,36,37). The first-order chi connectivity index (χ1) is 19.5. The van der Waals surface area contributed by atoms with Crippen LogP contribution in [0.2, 0.25) is 0 Å². The number of alkyl halides is 3. The van der Waals surface area contributed by atoms with Crippen molar-refractivity contribution in [3.05, 3.63) is 94.9 Å². The minimum absolute atomic E-state index is 0.107. The van der Waals surface area contributed by atoms with Crippen LogP contribution >= 0.6 is 0 Å². The van der Waals surface area contributed by atoms with Crippen molar-refractivity contribution in [2.45, 2.75) is 26.6 Å². The summed E-state index contributed by atoms with van der Waals surface area (Å²) in [6.45, 7) is 4.05. The zero-order chi connectivity index (χ0) is 29.7. The van der Waals surface area contributed by atoms with Gasteiger partial charge in [0, 0.05) is 55.5 Å². The molecule has 0 fully saturated rings. The predicted molar refractivity (Wildman–Crippen MR) is 151 cm³/mol. The Balaban J connectivity index is 1.55. The summed E-state index contributed by atoms with van der Waals surface area (Å²) in [6.07, 6.45) is -0.594. The molecule has 0 atom stereocenters. The fourth-order valence-electron chi connectivity index (χ4n) is 4.14. The molecule has 0 bridgehead atoms. The molecule has 12 heteroatoms. The lowest BCUT2D eigenvalue weighted by Crippen LogP contribution is -2.23. The van der Waals surface area contributed by atoms with Gasteiger partial charge in [0.15, 0.2) is 0 Å². The molecular formula is C29H28F3N7O2. The molecule has 0 saturated carbocycles. The smallest absolute Gasteiger partial charge is 0.370 e. The Bertz CT molecular complexity index is 1580. The van der Waals surface area contributed by atoms with Crippen molar-refractivity contribution < 1.29 is 22.8 Å². The zero-order valence-electron chi connectivity index (χ0n) is 22.8. The first kappa shape index (κ1) is 29.0. The number of nitrogens with zero attached hydrogens (tertiary/aromatic N) is 5. The van der Waals surface area contributed by atoms with Gasteiger partial charge in [0.05, 0.1) is 16.9 Å². The quantitative estimate of drug-likeness (QED) is 0.251. The molecule has 0 unspecified atom stereocenters. The highest BCUT2D eigenvalue weighted by Crippen LogP contribution is 2.31. The topological polar surface area (TPSA) is 103 Å². The number of rotatable bonds is 9. The molecule has 9 nitrogen and oxygen atoms in total. The summed E-state index contributed by atoms with van der Waals surface area (Å²) < 4.78 is 39.3. The minimum Gasteiger partial charge on any atom is -0.370 e. The lowest BCUT2D eigenvalue weighted by atomic mass is 10.1. The van der Waals surface area contributed by atoms with Gasteiger partial charge in [-0.1, -0.05) is 12.1 Å². The summed E-state index contributed by atoms with van der Waals surface area (Å²) in [5.74, 6) is 0.0352. The molecule has 2 aromatic heterocycles. The van der Waals surface area contributed by atoms with E-state index in [9.17, 15) is 22.8 Å². The van der Waals surface area contributed by atoms with E-state index in [1.165, 1.54) is 17.0 Å². The fraction of sp³-hybridized carbons (Fsp3) is 0.207. The van der Waals surface area contributed by atoms with Crippen LogP contribution in [0.1, 0.15) is 32.7 Å². The first-order valence-corrected chi connectivity index (χ1v) is 12.5. The highest BCUT2D eigenvalue weighted by atomic mass is 19.4. The summed E-state index contributed by atoms with van der Waals surface area (Å²) in [5, 5.41) is 5.79. The van der Waals surface area contributed by atoms with Crippen molar-refractivity contribution in [1.82, 2.24) is 15.0 Å². The number of nitrogens with one attached hydrogen (secondary N) is 2. The van der Waals surface area contributed by atoms with E-state index in [-0.39, 0.29) is 5.56 Å². The second kappa shape index (κ2) is 12.0. The molecule has 4 aromatic rings. The number of hydrogen-bond acceptors (Lipinski definition) is 7. The van der Waals surface area contributed by atoms with Gasteiger partial charge in [0.25, 0.3) is 5.91 Å². The summed E-state index contributed by atoms with van der Waals surface area (Å²) in [7, 11) is 3.42. The molecule has 0 saturated heterocycles. The van der Waals surface area contributed by atoms with Crippen molar-refractivity contribution in [3.8, 4) is 0 Å². The third-order valence-electron chi connectivity index (χ3n) is 6.33. The number of carbonyl (C=O) groups excluding carboxylic acids is 2. The molecule has 0 spiro atoms. The Hall–Kier alpha value is -5.00. The summed E-state index contributed by atoms with van der Waals surface area (Å²) in [4.78, 5) is 40.8. The van der Waals surface area contributed by atoms with Crippen LogP contribution in [0.5, 0.6) is 0 Å². The van der Waals surface area contributed by atoms with Gasteiger partial charge in [0.1, 0.15) is 5.82 Å². The van der Waals surface area contributed by atoms with Crippen molar-refractivity contribution in [1.29, 1.82) is 0 Å². The molecule has 212 valence electrons. The van der Waals surface area contributed by atoms with Crippen LogP contribution in [0.3, 0.4) is 0 Å². The van der Waals surface area contributed by atoms with E-state index in [1.54, 1.807) is 43.7 Å². The lowest BCUT2D eigenvalue weighted by molar-refractivity contribution is -0.137. The van der Waals surface area contributed by atoms with Crippen molar-refractivity contribution in [3.63, 3.8) is 0 Å². The van der Waals surface area contributed by atoms with Gasteiger partial charge in [-0.15, -0.1) is 0 Å². The molecule has 0 aliphatic carbocycles. The van der Waals surface area contributed by atoms with Crippen molar-refractivity contribution in [2.75, 3.05) is 34.5 Å². The Kier molecular flexibility index (Phi) is 8.51. The monoisotopic (exact) mass is 563 g/mol. The van der Waals surface area contributed by atoms with Crippen LogP contribution in [0.4, 0.5) is 42.0 Å². The summed E-state index contributed by atoms with van der Waals surface area (Å²) >= 11 is 0. The summed E-state index contributed by atoms with van der Waals surface area (Å²) in [6, 6.07) is 13.1. The number of benzene rings is 2. The van der Waals surface area contributed by atoms with Gasteiger partial charge in [-0.2, -0.15) is 18.2 Å². The van der Waals surface area contributed by atoms with E-state index in [0.29, 0.717) is 36.0 Å². The molecule has 0 aliphatic rings. The molecular weight excluding hydrogens is 535 g/mol. The highest BCUT2D eigenvalue weighted by Gasteiger charge is 2.31. The maximum atomic E-state index is 13.1. The van der Waals surface area contributed by atoms with Crippen molar-refractivity contribution in [2.24, 2.45) is 0 Å². The van der Waals surface area contributed by atoms with E-state index >= 15 is 0 Å². The van der Waals surface area contributed by atoms with E-state index in [4.69, 9.17) is 0 Å². The van der Waals surface area contributed by atoms with Crippen LogP contribution in [-0.2, 0) is 17.5 Å². The van der Waals surface area contributed by atoms with Crippen molar-refractivity contribution >= 4 is 41.1 Å². The van der Waals surface area contributed by atoms with Crippen LogP contribution in [0, 0.1) is 13.8 Å². The van der Waals surface area contributed by atoms with Crippen LogP contribution < -0.4 is 20.4 Å². The molecule has 4 rings (SSSR count). The SMILES string of the molecule is Cc1ccc(NC(=O)c2cccc(C(F)(F)F)c2)cc1N(C)Cc1cnc(Nc2cccnc2C)nc1N(C)C=O. The van der Waals surface area contributed by atoms with E-state index < -0.39 is 17.6 Å². The first-order valence-electron chi connectivity index (χ1n) is 12.5. The van der Waals surface area contributed by atoms with Gasteiger partial charge in [-0.3, -0.25) is 14.6 Å². The zero-order valence-corrected chi connectivity index (χ0v) is 22.8. The number of anilines is 5. The minimum atomic E-state index is -4.55. The Morgan fingerprint density at radius 1 is 1.02 bits per heavy atom. The maximum absolute atomic E-state index is 13.1. The number of aromatic nitrogens is 3. The predicted octanol–water partition coefficient (Wildman–Crippen LogP) is 5.73. The molecule has 0 radical (unpaired) electrons. The molecule has 2 aromatic carbocycles. The second-order valence-corrected chi connectivity index (χ2v) is 9.41. The second-order valence-electron chi connectivity index (χ2n) is 9.41. The third-order valence-corrected chi connectivity index (χ3v) is 6.33. The molecule has 0 aliphatic heterocycles. The normalized spacial score (nSPS) is 11.1. The van der Waals surface area contributed by atoms with Gasteiger partial charge in [-0.05, 0) is 61.9 Å². The van der Waals surface area contributed by atoms with Gasteiger partial charge >= 0.3 is 6.18 Å². The molecule has 2 heterocycles. The van der Waals surface area contributed by atoms with Gasteiger partial charge in [0.2, 0.25) is 12.4 Å².